The molecule has 2 aromatic rings. The predicted octanol–water partition coefficient (Wildman–Crippen LogP) is 4.29. The number of nitrogens with one attached hydrogen (secondary N) is 2. The average molecular weight is 398 g/mol. The quantitative estimate of drug-likeness (QED) is 0.811. The lowest BCUT2D eigenvalue weighted by atomic mass is 9.95. The minimum absolute atomic E-state index is 0.0466. The van der Waals surface area contributed by atoms with E-state index in [0.29, 0.717) is 24.9 Å². The first-order valence-corrected chi connectivity index (χ1v) is 10.9. The fourth-order valence-electron chi connectivity index (χ4n) is 4.59. The van der Waals surface area contributed by atoms with E-state index in [-0.39, 0.29) is 18.0 Å². The van der Waals surface area contributed by atoms with Gasteiger partial charge in [0, 0.05) is 36.1 Å². The molecule has 2 fully saturated rings. The predicted molar refractivity (Wildman–Crippen MR) is 113 cm³/mol. The lowest BCUT2D eigenvalue weighted by Gasteiger charge is -2.34. The van der Waals surface area contributed by atoms with Crippen molar-refractivity contribution >= 4 is 22.9 Å². The number of hydrogen-bond acceptors (Lipinski definition) is 3. The van der Waals surface area contributed by atoms with E-state index in [0.717, 1.165) is 47.8 Å². The van der Waals surface area contributed by atoms with Crippen molar-refractivity contribution in [1.29, 1.82) is 0 Å². The minimum Gasteiger partial charge on any atom is -0.450 e. The Morgan fingerprint density at radius 1 is 0.966 bits per heavy atom. The van der Waals surface area contributed by atoms with Gasteiger partial charge in [0.25, 0.3) is 5.91 Å². The summed E-state index contributed by atoms with van der Waals surface area (Å²) < 4.78 is 5.89. The van der Waals surface area contributed by atoms with Crippen LogP contribution in [-0.4, -0.2) is 42.0 Å². The summed E-state index contributed by atoms with van der Waals surface area (Å²) in [7, 11) is 0. The Labute approximate surface area is 172 Å². The van der Waals surface area contributed by atoms with Gasteiger partial charge in [-0.15, -0.1) is 0 Å². The summed E-state index contributed by atoms with van der Waals surface area (Å²) in [4.78, 5) is 27.2. The molecular formula is C23H31N3O3. The summed E-state index contributed by atoms with van der Waals surface area (Å²) in [5, 5.41) is 7.28. The molecule has 2 heterocycles. The van der Waals surface area contributed by atoms with E-state index < -0.39 is 0 Å². The van der Waals surface area contributed by atoms with Crippen molar-refractivity contribution in [3.8, 4) is 0 Å². The molecule has 2 N–H and O–H groups in total. The molecule has 1 aromatic carbocycles. The van der Waals surface area contributed by atoms with E-state index >= 15 is 0 Å². The Morgan fingerprint density at radius 3 is 2.34 bits per heavy atom. The third-order valence-corrected chi connectivity index (χ3v) is 6.42. The van der Waals surface area contributed by atoms with Crippen LogP contribution < -0.4 is 10.6 Å². The number of aryl methyl sites for hydroxylation is 2. The third kappa shape index (κ3) is 4.26. The molecule has 1 saturated heterocycles. The van der Waals surface area contributed by atoms with Gasteiger partial charge in [0.1, 0.15) is 5.58 Å². The van der Waals surface area contributed by atoms with Crippen molar-refractivity contribution in [2.45, 2.75) is 70.9 Å². The zero-order chi connectivity index (χ0) is 20.4. The van der Waals surface area contributed by atoms with Gasteiger partial charge in [0.05, 0.1) is 0 Å². The fraction of sp³-hybridized carbons (Fsp3) is 0.565. The number of furan rings is 1. The maximum atomic E-state index is 12.8. The van der Waals surface area contributed by atoms with E-state index in [1.54, 1.807) is 0 Å². The fourth-order valence-corrected chi connectivity index (χ4v) is 4.59. The largest absolute Gasteiger partial charge is 0.450 e. The summed E-state index contributed by atoms with van der Waals surface area (Å²) in [6.07, 6.45) is 7.41. The number of urea groups is 1. The third-order valence-electron chi connectivity index (χ3n) is 6.42. The second kappa shape index (κ2) is 8.47. The van der Waals surface area contributed by atoms with E-state index in [1.807, 2.05) is 36.9 Å². The number of piperidine rings is 1. The van der Waals surface area contributed by atoms with Gasteiger partial charge in [-0.05, 0) is 45.1 Å². The van der Waals surface area contributed by atoms with Crippen molar-refractivity contribution < 1.29 is 14.0 Å². The van der Waals surface area contributed by atoms with Crippen LogP contribution in [0.4, 0.5) is 4.79 Å². The van der Waals surface area contributed by atoms with Crippen molar-refractivity contribution in [1.82, 2.24) is 15.5 Å². The number of nitrogens with zero attached hydrogens (tertiary/aromatic N) is 1. The van der Waals surface area contributed by atoms with Crippen LogP contribution in [0.3, 0.4) is 0 Å². The molecule has 6 heteroatoms. The summed E-state index contributed by atoms with van der Waals surface area (Å²) in [6, 6.07) is 6.40. The Hall–Kier alpha value is -2.50. The second-order valence-corrected chi connectivity index (χ2v) is 8.53. The summed E-state index contributed by atoms with van der Waals surface area (Å²) in [6.45, 7) is 5.25. The molecule has 156 valence electrons. The first-order chi connectivity index (χ1) is 14.0. The van der Waals surface area contributed by atoms with Gasteiger partial charge < -0.3 is 20.0 Å². The van der Waals surface area contributed by atoms with Crippen LogP contribution in [0.2, 0.25) is 0 Å². The number of amides is 3. The standard InChI is InChI=1S/C23H31N3O3/c1-15-7-6-10-19-16(2)21(29-20(15)19)22(27)24-18-11-13-26(14-12-18)23(28)25-17-8-4-3-5-9-17/h6-7,10,17-18H,3-5,8-9,11-14H2,1-2H3,(H,24,27)(H,25,28). The molecule has 0 atom stereocenters. The van der Waals surface area contributed by atoms with Crippen LogP contribution in [-0.2, 0) is 0 Å². The smallest absolute Gasteiger partial charge is 0.317 e. The molecule has 1 aromatic heterocycles. The van der Waals surface area contributed by atoms with Crippen molar-refractivity contribution in [3.63, 3.8) is 0 Å². The van der Waals surface area contributed by atoms with Gasteiger partial charge >= 0.3 is 6.03 Å². The molecule has 0 radical (unpaired) electrons. The number of hydrogen-bond donors (Lipinski definition) is 2. The zero-order valence-electron chi connectivity index (χ0n) is 17.4. The SMILES string of the molecule is Cc1c(C(=O)NC2CCN(C(=O)NC3CCCCC3)CC2)oc2c(C)cccc12. The lowest BCUT2D eigenvalue weighted by Crippen LogP contribution is -2.51. The normalized spacial score (nSPS) is 18.8. The Kier molecular flexibility index (Phi) is 5.79. The summed E-state index contributed by atoms with van der Waals surface area (Å²) in [5.41, 5.74) is 2.69. The topological polar surface area (TPSA) is 74.6 Å². The first kappa shape index (κ1) is 19.8. The molecule has 29 heavy (non-hydrogen) atoms. The molecule has 1 aliphatic carbocycles. The van der Waals surface area contributed by atoms with Gasteiger partial charge in [-0.1, -0.05) is 37.5 Å². The van der Waals surface area contributed by atoms with Crippen LogP contribution in [0, 0.1) is 13.8 Å². The van der Waals surface area contributed by atoms with E-state index in [4.69, 9.17) is 4.42 Å². The van der Waals surface area contributed by atoms with Crippen LogP contribution >= 0.6 is 0 Å². The monoisotopic (exact) mass is 397 g/mol. The van der Waals surface area contributed by atoms with Crippen LogP contribution in [0.1, 0.15) is 66.6 Å². The maximum absolute atomic E-state index is 12.8. The molecule has 6 nitrogen and oxygen atoms in total. The van der Waals surface area contributed by atoms with E-state index in [9.17, 15) is 9.59 Å². The average Bonchev–Trinajstić information content (AvgIpc) is 3.07. The van der Waals surface area contributed by atoms with Gasteiger partial charge in [-0.2, -0.15) is 0 Å². The summed E-state index contributed by atoms with van der Waals surface area (Å²) in [5.74, 6) is 0.231. The van der Waals surface area contributed by atoms with Crippen molar-refractivity contribution in [2.24, 2.45) is 0 Å². The highest BCUT2D eigenvalue weighted by Crippen LogP contribution is 2.28. The molecule has 2 aliphatic rings. The van der Waals surface area contributed by atoms with Crippen molar-refractivity contribution in [3.05, 3.63) is 35.1 Å². The van der Waals surface area contributed by atoms with E-state index in [2.05, 4.69) is 10.6 Å². The maximum Gasteiger partial charge on any atom is 0.317 e. The van der Waals surface area contributed by atoms with Crippen LogP contribution in [0.25, 0.3) is 11.0 Å². The van der Waals surface area contributed by atoms with E-state index in [1.165, 1.54) is 19.3 Å². The Morgan fingerprint density at radius 2 is 1.66 bits per heavy atom. The van der Waals surface area contributed by atoms with Gasteiger partial charge in [-0.3, -0.25) is 4.79 Å². The van der Waals surface area contributed by atoms with Gasteiger partial charge in [0.2, 0.25) is 0 Å². The molecule has 4 rings (SSSR count). The lowest BCUT2D eigenvalue weighted by molar-refractivity contribution is 0.0890. The zero-order valence-corrected chi connectivity index (χ0v) is 17.4. The number of likely N-dealkylation sites (tertiary alicyclic amines) is 1. The number of rotatable bonds is 3. The Bertz CT molecular complexity index is 890. The highest BCUT2D eigenvalue weighted by atomic mass is 16.3. The highest BCUT2D eigenvalue weighted by Gasteiger charge is 2.27. The van der Waals surface area contributed by atoms with Crippen molar-refractivity contribution in [2.75, 3.05) is 13.1 Å². The first-order valence-electron chi connectivity index (χ1n) is 10.9. The molecular weight excluding hydrogens is 366 g/mol. The number of fused-ring (bicyclic) bond motifs is 1. The minimum atomic E-state index is -0.164. The van der Waals surface area contributed by atoms with Crippen LogP contribution in [0.5, 0.6) is 0 Å². The van der Waals surface area contributed by atoms with Crippen LogP contribution in [0.15, 0.2) is 22.6 Å². The number of benzene rings is 1. The molecule has 0 spiro atoms. The van der Waals surface area contributed by atoms with Gasteiger partial charge in [-0.25, -0.2) is 4.79 Å². The number of carbonyl (C=O) groups is 2. The Balaban J connectivity index is 1.31. The molecule has 0 bridgehead atoms. The highest BCUT2D eigenvalue weighted by molar-refractivity contribution is 5.99. The summed E-state index contributed by atoms with van der Waals surface area (Å²) >= 11 is 0. The molecule has 1 saturated carbocycles. The molecule has 1 aliphatic heterocycles. The number of para-hydroxylation sites is 1. The molecule has 0 unspecified atom stereocenters. The second-order valence-electron chi connectivity index (χ2n) is 8.53. The number of carbonyl (C=O) groups excluding carboxylic acids is 2. The van der Waals surface area contributed by atoms with Gasteiger partial charge in [0.15, 0.2) is 5.76 Å². The molecule has 3 amide bonds.